The topological polar surface area (TPSA) is 117 Å². The molecule has 32 heavy (non-hydrogen) atoms. The number of methoxy groups -OCH3 is 1. The molecular weight excluding hydrogens is 404 g/mol. The SMILES string of the molecule is COC(CC(=N)n1ccc(-c2ccnc(Nc3ccnn3C)n2)cc1=N)CC1CCCC1. The van der Waals surface area contributed by atoms with Crippen LogP contribution in [0.25, 0.3) is 11.3 Å². The summed E-state index contributed by atoms with van der Waals surface area (Å²) < 4.78 is 8.96. The molecule has 0 saturated heterocycles. The molecule has 3 aromatic heterocycles. The van der Waals surface area contributed by atoms with E-state index in [1.807, 2.05) is 19.2 Å². The van der Waals surface area contributed by atoms with Crippen LogP contribution in [0.2, 0.25) is 0 Å². The zero-order valence-corrected chi connectivity index (χ0v) is 18.6. The molecular formula is C23H30N8O. The van der Waals surface area contributed by atoms with Crippen LogP contribution in [0.4, 0.5) is 11.8 Å². The van der Waals surface area contributed by atoms with Gasteiger partial charge in [-0.15, -0.1) is 0 Å². The lowest BCUT2D eigenvalue weighted by Gasteiger charge is -2.20. The van der Waals surface area contributed by atoms with Gasteiger partial charge in [0, 0.05) is 44.6 Å². The van der Waals surface area contributed by atoms with Gasteiger partial charge in [-0.1, -0.05) is 25.7 Å². The summed E-state index contributed by atoms with van der Waals surface area (Å²) in [6, 6.07) is 7.25. The van der Waals surface area contributed by atoms with E-state index in [-0.39, 0.29) is 11.6 Å². The fraction of sp³-hybridized carbons (Fsp3) is 0.435. The molecule has 3 N–H and O–H groups in total. The molecule has 9 nitrogen and oxygen atoms in total. The van der Waals surface area contributed by atoms with Gasteiger partial charge in [0.1, 0.15) is 17.1 Å². The van der Waals surface area contributed by atoms with Crippen molar-refractivity contribution >= 4 is 17.6 Å². The Balaban J connectivity index is 1.47. The number of hydrogen-bond acceptors (Lipinski definition) is 7. The van der Waals surface area contributed by atoms with Crippen molar-refractivity contribution in [2.24, 2.45) is 13.0 Å². The van der Waals surface area contributed by atoms with E-state index in [0.29, 0.717) is 29.8 Å². The summed E-state index contributed by atoms with van der Waals surface area (Å²) in [5.74, 6) is 2.31. The molecule has 1 aliphatic rings. The number of aryl methyl sites for hydroxylation is 1. The van der Waals surface area contributed by atoms with Gasteiger partial charge in [0.05, 0.1) is 18.0 Å². The third kappa shape index (κ3) is 5.11. The number of nitrogens with one attached hydrogen (secondary N) is 3. The van der Waals surface area contributed by atoms with Gasteiger partial charge in [-0.2, -0.15) is 5.10 Å². The van der Waals surface area contributed by atoms with Crippen molar-refractivity contribution in [3.63, 3.8) is 0 Å². The van der Waals surface area contributed by atoms with Crippen LogP contribution in [0.1, 0.15) is 38.5 Å². The first kappa shape index (κ1) is 21.9. The minimum Gasteiger partial charge on any atom is -0.381 e. The maximum atomic E-state index is 8.54. The van der Waals surface area contributed by atoms with Gasteiger partial charge >= 0.3 is 0 Å². The van der Waals surface area contributed by atoms with Crippen molar-refractivity contribution in [3.8, 4) is 11.3 Å². The van der Waals surface area contributed by atoms with Crippen LogP contribution in [0.5, 0.6) is 0 Å². The second-order valence-electron chi connectivity index (χ2n) is 8.30. The molecule has 1 fully saturated rings. The van der Waals surface area contributed by atoms with Gasteiger partial charge in [0.2, 0.25) is 5.95 Å². The Kier molecular flexibility index (Phi) is 6.75. The minimum absolute atomic E-state index is 0.0136. The summed E-state index contributed by atoms with van der Waals surface area (Å²) in [5.41, 5.74) is 1.74. The summed E-state index contributed by atoms with van der Waals surface area (Å²) in [4.78, 5) is 8.83. The van der Waals surface area contributed by atoms with Gasteiger partial charge in [-0.3, -0.25) is 20.1 Å². The number of rotatable bonds is 8. The predicted molar refractivity (Wildman–Crippen MR) is 123 cm³/mol. The molecule has 1 unspecified atom stereocenters. The standard InChI is InChI=1S/C23H30N8O/c1-30-22(8-11-27-30)29-23-26-10-7-19(28-23)17-9-12-31(20(24)14-17)21(25)15-18(32-2)13-16-5-3-4-6-16/h7-12,14,16,18,24-25H,3-6,13,15H2,1-2H3,(H,26,28,29). The molecule has 0 spiro atoms. The van der Waals surface area contributed by atoms with E-state index >= 15 is 0 Å². The average molecular weight is 435 g/mol. The maximum Gasteiger partial charge on any atom is 0.228 e. The van der Waals surface area contributed by atoms with Crippen molar-refractivity contribution in [3.05, 3.63) is 48.3 Å². The second kappa shape index (κ2) is 9.86. The van der Waals surface area contributed by atoms with E-state index in [4.69, 9.17) is 15.6 Å². The first-order valence-electron chi connectivity index (χ1n) is 11.0. The summed E-state index contributed by atoms with van der Waals surface area (Å²) in [5, 5.41) is 24.3. The summed E-state index contributed by atoms with van der Waals surface area (Å²) in [6.07, 6.45) is 11.8. The monoisotopic (exact) mass is 434 g/mol. The highest BCUT2D eigenvalue weighted by molar-refractivity contribution is 5.82. The Labute approximate surface area is 187 Å². The normalized spacial score (nSPS) is 15.1. The van der Waals surface area contributed by atoms with Gasteiger partial charge in [-0.05, 0) is 30.5 Å². The third-order valence-corrected chi connectivity index (χ3v) is 6.08. The Hall–Kier alpha value is -3.33. The quantitative estimate of drug-likeness (QED) is 0.369. The van der Waals surface area contributed by atoms with Crippen LogP contribution < -0.4 is 10.8 Å². The predicted octanol–water partition coefficient (Wildman–Crippen LogP) is 3.71. The van der Waals surface area contributed by atoms with E-state index in [0.717, 1.165) is 17.8 Å². The summed E-state index contributed by atoms with van der Waals surface area (Å²) in [6.45, 7) is 0. The summed E-state index contributed by atoms with van der Waals surface area (Å²) in [7, 11) is 3.56. The van der Waals surface area contributed by atoms with Crippen molar-refractivity contribution in [1.29, 1.82) is 10.8 Å². The maximum absolute atomic E-state index is 8.54. The molecule has 9 heteroatoms. The zero-order valence-electron chi connectivity index (χ0n) is 18.6. The molecule has 168 valence electrons. The molecule has 3 heterocycles. The van der Waals surface area contributed by atoms with Gasteiger partial charge < -0.3 is 10.1 Å². The van der Waals surface area contributed by atoms with Crippen LogP contribution >= 0.6 is 0 Å². The average Bonchev–Trinajstić information content (AvgIpc) is 3.45. The lowest BCUT2D eigenvalue weighted by atomic mass is 9.98. The first-order valence-corrected chi connectivity index (χ1v) is 11.0. The van der Waals surface area contributed by atoms with Crippen molar-refractivity contribution < 1.29 is 4.74 Å². The third-order valence-electron chi connectivity index (χ3n) is 6.08. The van der Waals surface area contributed by atoms with Crippen LogP contribution in [0, 0.1) is 16.7 Å². The smallest absolute Gasteiger partial charge is 0.228 e. The van der Waals surface area contributed by atoms with Crippen molar-refractivity contribution in [2.75, 3.05) is 12.4 Å². The van der Waals surface area contributed by atoms with Crippen molar-refractivity contribution in [2.45, 2.75) is 44.6 Å². The molecule has 0 aliphatic heterocycles. The molecule has 1 atom stereocenters. The molecule has 4 rings (SSSR count). The number of ether oxygens (including phenoxy) is 1. The van der Waals surface area contributed by atoms with E-state index in [1.165, 1.54) is 25.7 Å². The van der Waals surface area contributed by atoms with Crippen LogP contribution in [0.15, 0.2) is 42.9 Å². The largest absolute Gasteiger partial charge is 0.381 e. The molecule has 0 aromatic carbocycles. The molecule has 0 bridgehead atoms. The van der Waals surface area contributed by atoms with Gasteiger partial charge in [-0.25, -0.2) is 9.97 Å². The lowest BCUT2D eigenvalue weighted by Crippen LogP contribution is -2.30. The van der Waals surface area contributed by atoms with E-state index in [1.54, 1.807) is 47.1 Å². The molecule has 1 saturated carbocycles. The fourth-order valence-electron chi connectivity index (χ4n) is 4.28. The number of nitrogens with zero attached hydrogens (tertiary/aromatic N) is 5. The molecule has 0 radical (unpaired) electrons. The van der Waals surface area contributed by atoms with E-state index in [9.17, 15) is 0 Å². The molecule has 1 aliphatic carbocycles. The highest BCUT2D eigenvalue weighted by Crippen LogP contribution is 2.30. The van der Waals surface area contributed by atoms with Crippen LogP contribution in [-0.2, 0) is 11.8 Å². The van der Waals surface area contributed by atoms with Gasteiger partial charge in [0.15, 0.2) is 0 Å². The first-order chi connectivity index (χ1) is 15.5. The van der Waals surface area contributed by atoms with E-state index in [2.05, 4.69) is 20.4 Å². The van der Waals surface area contributed by atoms with Crippen LogP contribution in [-0.4, -0.2) is 43.4 Å². The molecule has 0 amide bonds. The Bertz CT molecular complexity index is 1130. The van der Waals surface area contributed by atoms with E-state index < -0.39 is 0 Å². The van der Waals surface area contributed by atoms with Crippen molar-refractivity contribution in [1.82, 2.24) is 24.3 Å². The Morgan fingerprint density at radius 2 is 2.06 bits per heavy atom. The number of pyridine rings is 1. The lowest BCUT2D eigenvalue weighted by molar-refractivity contribution is 0.0858. The number of hydrogen-bond donors (Lipinski definition) is 3. The highest BCUT2D eigenvalue weighted by atomic mass is 16.5. The highest BCUT2D eigenvalue weighted by Gasteiger charge is 2.21. The second-order valence-corrected chi connectivity index (χ2v) is 8.30. The minimum atomic E-state index is 0.0136. The fourth-order valence-corrected chi connectivity index (χ4v) is 4.28. The molecule has 3 aromatic rings. The summed E-state index contributed by atoms with van der Waals surface area (Å²) >= 11 is 0. The Morgan fingerprint density at radius 3 is 2.75 bits per heavy atom. The number of aromatic nitrogens is 5. The van der Waals surface area contributed by atoms with Crippen LogP contribution in [0.3, 0.4) is 0 Å². The Morgan fingerprint density at radius 1 is 1.25 bits per heavy atom. The zero-order chi connectivity index (χ0) is 22.5. The van der Waals surface area contributed by atoms with Gasteiger partial charge in [0.25, 0.3) is 0 Å². The number of anilines is 2.